The molecule has 0 radical (unpaired) electrons. The lowest BCUT2D eigenvalue weighted by atomic mass is 9.89. The molecule has 1 saturated heterocycles. The molecular formula is C19H17ClFNO3. The van der Waals surface area contributed by atoms with Gasteiger partial charge in [0.25, 0.3) is 5.91 Å². The first kappa shape index (κ1) is 17.4. The lowest BCUT2D eigenvalue weighted by Crippen LogP contribution is -2.31. The summed E-state index contributed by atoms with van der Waals surface area (Å²) in [4.78, 5) is 25.8. The molecule has 130 valence electrons. The molecular weight excluding hydrogens is 345 g/mol. The van der Waals surface area contributed by atoms with Gasteiger partial charge in [-0.05, 0) is 24.1 Å². The Morgan fingerprint density at radius 1 is 1.16 bits per heavy atom. The number of carboxylic acid groups (broad SMARTS) is 1. The van der Waals surface area contributed by atoms with E-state index in [1.807, 2.05) is 30.3 Å². The zero-order valence-electron chi connectivity index (χ0n) is 13.6. The topological polar surface area (TPSA) is 57.6 Å². The molecule has 3 rings (SSSR count). The van der Waals surface area contributed by atoms with Gasteiger partial charge in [0.1, 0.15) is 5.82 Å². The fourth-order valence-electron chi connectivity index (χ4n) is 3.27. The smallest absolute Gasteiger partial charge is 0.308 e. The molecule has 6 heteroatoms. The van der Waals surface area contributed by atoms with Crippen LogP contribution in [-0.2, 0) is 4.79 Å². The fourth-order valence-corrected chi connectivity index (χ4v) is 3.50. The summed E-state index contributed by atoms with van der Waals surface area (Å²) in [5, 5.41) is 9.60. The Labute approximate surface area is 149 Å². The van der Waals surface area contributed by atoms with Gasteiger partial charge in [0.2, 0.25) is 0 Å². The van der Waals surface area contributed by atoms with Gasteiger partial charge in [-0.2, -0.15) is 0 Å². The van der Waals surface area contributed by atoms with Crippen LogP contribution in [0.25, 0.3) is 0 Å². The summed E-state index contributed by atoms with van der Waals surface area (Å²) in [5.74, 6) is -3.32. The summed E-state index contributed by atoms with van der Waals surface area (Å²) in [6, 6.07) is 11.9. The molecule has 2 aromatic carbocycles. The van der Waals surface area contributed by atoms with E-state index in [1.54, 1.807) is 6.92 Å². The minimum absolute atomic E-state index is 0.0252. The highest BCUT2D eigenvalue weighted by Gasteiger charge is 2.41. The molecule has 0 bridgehead atoms. The molecule has 25 heavy (non-hydrogen) atoms. The zero-order chi connectivity index (χ0) is 18.1. The van der Waals surface area contributed by atoms with Crippen molar-refractivity contribution < 1.29 is 19.1 Å². The van der Waals surface area contributed by atoms with Crippen molar-refractivity contribution in [2.75, 3.05) is 13.1 Å². The second-order valence-electron chi connectivity index (χ2n) is 6.23. The quantitative estimate of drug-likeness (QED) is 0.906. The molecule has 0 aromatic heterocycles. The molecule has 1 N–H and O–H groups in total. The van der Waals surface area contributed by atoms with Crippen molar-refractivity contribution >= 4 is 23.5 Å². The van der Waals surface area contributed by atoms with Crippen LogP contribution in [0.15, 0.2) is 42.5 Å². The first-order chi connectivity index (χ1) is 11.9. The largest absolute Gasteiger partial charge is 0.481 e. The second kappa shape index (κ2) is 6.84. The van der Waals surface area contributed by atoms with Gasteiger partial charge in [-0.25, -0.2) is 4.39 Å². The number of rotatable bonds is 3. The highest BCUT2D eigenvalue weighted by atomic mass is 35.5. The number of carbonyl (C=O) groups excluding carboxylic acids is 1. The molecule has 1 aliphatic rings. The molecule has 2 atom stereocenters. The van der Waals surface area contributed by atoms with E-state index in [1.165, 1.54) is 17.0 Å². The SMILES string of the molecule is Cc1ccc(F)c(C(=O)N2C[C@@H](C(=O)O)[C@H](c3ccccc3)C2)c1Cl. The van der Waals surface area contributed by atoms with Crippen molar-refractivity contribution in [2.24, 2.45) is 5.92 Å². The lowest BCUT2D eigenvalue weighted by Gasteiger charge is -2.18. The van der Waals surface area contributed by atoms with Gasteiger partial charge in [0, 0.05) is 19.0 Å². The van der Waals surface area contributed by atoms with Crippen LogP contribution in [0.3, 0.4) is 0 Å². The Morgan fingerprint density at radius 2 is 1.84 bits per heavy atom. The Balaban J connectivity index is 1.93. The number of hydrogen-bond acceptors (Lipinski definition) is 2. The minimum Gasteiger partial charge on any atom is -0.481 e. The normalized spacial score (nSPS) is 19.9. The van der Waals surface area contributed by atoms with Gasteiger partial charge < -0.3 is 10.0 Å². The number of aliphatic carboxylic acids is 1. The third-order valence-electron chi connectivity index (χ3n) is 4.65. The summed E-state index contributed by atoms with van der Waals surface area (Å²) in [7, 11) is 0. The second-order valence-corrected chi connectivity index (χ2v) is 6.60. The molecule has 1 heterocycles. The Bertz CT molecular complexity index is 825. The van der Waals surface area contributed by atoms with E-state index in [-0.39, 0.29) is 29.6 Å². The highest BCUT2D eigenvalue weighted by molar-refractivity contribution is 6.34. The van der Waals surface area contributed by atoms with Crippen molar-refractivity contribution in [3.05, 3.63) is 70.0 Å². The van der Waals surface area contributed by atoms with Crippen LogP contribution < -0.4 is 0 Å². The van der Waals surface area contributed by atoms with Crippen LogP contribution in [0.2, 0.25) is 5.02 Å². The molecule has 0 spiro atoms. The van der Waals surface area contributed by atoms with Gasteiger partial charge in [-0.1, -0.05) is 48.0 Å². The molecule has 0 saturated carbocycles. The maximum Gasteiger partial charge on any atom is 0.308 e. The number of carboxylic acids is 1. The molecule has 2 aromatic rings. The number of aryl methyl sites for hydroxylation is 1. The number of hydrogen-bond donors (Lipinski definition) is 1. The minimum atomic E-state index is -0.972. The van der Waals surface area contributed by atoms with Crippen molar-refractivity contribution in [1.82, 2.24) is 4.90 Å². The summed E-state index contributed by atoms with van der Waals surface area (Å²) < 4.78 is 14.2. The van der Waals surface area contributed by atoms with Crippen LogP contribution in [0.5, 0.6) is 0 Å². The number of carbonyl (C=O) groups is 2. The van der Waals surface area contributed by atoms with E-state index >= 15 is 0 Å². The average Bonchev–Trinajstić information content (AvgIpc) is 3.05. The van der Waals surface area contributed by atoms with Crippen molar-refractivity contribution in [3.63, 3.8) is 0 Å². The first-order valence-electron chi connectivity index (χ1n) is 7.91. The lowest BCUT2D eigenvalue weighted by molar-refractivity contribution is -0.141. The van der Waals surface area contributed by atoms with Crippen molar-refractivity contribution in [1.29, 1.82) is 0 Å². The van der Waals surface area contributed by atoms with E-state index in [2.05, 4.69) is 0 Å². The van der Waals surface area contributed by atoms with E-state index in [0.29, 0.717) is 5.56 Å². The Hall–Kier alpha value is -2.40. The van der Waals surface area contributed by atoms with Gasteiger partial charge >= 0.3 is 5.97 Å². The standard InChI is InChI=1S/C19H17ClFNO3/c1-11-7-8-15(21)16(17(11)20)18(23)22-9-13(14(10-22)19(24)25)12-5-3-2-4-6-12/h2-8,13-14H,9-10H2,1H3,(H,24,25)/t13-,14+/m0/s1. The number of likely N-dealkylation sites (tertiary alicyclic amines) is 1. The third kappa shape index (κ3) is 3.24. The van der Waals surface area contributed by atoms with Crippen LogP contribution in [0.4, 0.5) is 4.39 Å². The van der Waals surface area contributed by atoms with E-state index in [4.69, 9.17) is 11.6 Å². The van der Waals surface area contributed by atoms with Crippen LogP contribution in [-0.4, -0.2) is 35.0 Å². The van der Waals surface area contributed by atoms with Crippen LogP contribution in [0, 0.1) is 18.7 Å². The summed E-state index contributed by atoms with van der Waals surface area (Å²) in [6.07, 6.45) is 0. The number of nitrogens with zero attached hydrogens (tertiary/aromatic N) is 1. The number of halogens is 2. The molecule has 0 aliphatic carbocycles. The predicted molar refractivity (Wildman–Crippen MR) is 92.4 cm³/mol. The molecule has 0 unspecified atom stereocenters. The Kier molecular flexibility index (Phi) is 4.77. The summed E-state index contributed by atoms with van der Waals surface area (Å²) in [5.41, 5.74) is 1.25. The first-order valence-corrected chi connectivity index (χ1v) is 8.29. The van der Waals surface area contributed by atoms with Crippen LogP contribution in [0.1, 0.15) is 27.4 Å². The monoisotopic (exact) mass is 361 g/mol. The maximum atomic E-state index is 14.2. The molecule has 4 nitrogen and oxygen atoms in total. The highest BCUT2D eigenvalue weighted by Crippen LogP contribution is 2.35. The Morgan fingerprint density at radius 3 is 2.48 bits per heavy atom. The van der Waals surface area contributed by atoms with Crippen LogP contribution >= 0.6 is 11.6 Å². The predicted octanol–water partition coefficient (Wildman–Crippen LogP) is 3.73. The number of amides is 1. The van der Waals surface area contributed by atoms with Gasteiger partial charge in [-0.3, -0.25) is 9.59 Å². The van der Waals surface area contributed by atoms with Gasteiger partial charge in [0.15, 0.2) is 0 Å². The zero-order valence-corrected chi connectivity index (χ0v) is 14.3. The van der Waals surface area contributed by atoms with E-state index in [9.17, 15) is 19.1 Å². The van der Waals surface area contributed by atoms with Gasteiger partial charge in [0.05, 0.1) is 16.5 Å². The molecule has 1 aliphatic heterocycles. The fraction of sp³-hybridized carbons (Fsp3) is 0.263. The maximum absolute atomic E-state index is 14.2. The molecule has 1 amide bonds. The van der Waals surface area contributed by atoms with Crippen molar-refractivity contribution in [2.45, 2.75) is 12.8 Å². The van der Waals surface area contributed by atoms with E-state index < -0.39 is 23.6 Å². The number of benzene rings is 2. The van der Waals surface area contributed by atoms with E-state index in [0.717, 1.165) is 5.56 Å². The average molecular weight is 362 g/mol. The summed E-state index contributed by atoms with van der Waals surface area (Å²) >= 11 is 6.12. The van der Waals surface area contributed by atoms with Crippen molar-refractivity contribution in [3.8, 4) is 0 Å². The summed E-state index contributed by atoms with van der Waals surface area (Å²) in [6.45, 7) is 1.93. The van der Waals surface area contributed by atoms with Gasteiger partial charge in [-0.15, -0.1) is 0 Å². The molecule has 1 fully saturated rings. The third-order valence-corrected chi connectivity index (χ3v) is 5.14.